The fourth-order valence-electron chi connectivity index (χ4n) is 1.03. The first-order valence-electron chi connectivity index (χ1n) is 4.44. The summed E-state index contributed by atoms with van der Waals surface area (Å²) in [7, 11) is -4.00. The number of hydrogen-bond donors (Lipinski definition) is 2. The molecule has 1 aromatic rings. The van der Waals surface area contributed by atoms with Crippen LogP contribution >= 0.6 is 23.2 Å². The predicted molar refractivity (Wildman–Crippen MR) is 63.9 cm³/mol. The molecule has 0 saturated heterocycles. The van der Waals surface area contributed by atoms with Crippen molar-refractivity contribution in [2.75, 3.05) is 0 Å². The molecule has 0 spiro atoms. The molecule has 0 amide bonds. The van der Waals surface area contributed by atoms with Crippen LogP contribution in [0.3, 0.4) is 0 Å². The van der Waals surface area contributed by atoms with Crippen LogP contribution < -0.4 is 4.72 Å². The van der Waals surface area contributed by atoms with Crippen LogP contribution in [0.5, 0.6) is 0 Å². The average Bonchev–Trinajstić information content (AvgIpc) is 2.20. The third-order valence-electron chi connectivity index (χ3n) is 1.89. The molecule has 1 aromatic carbocycles. The Balaban J connectivity index is 3.13. The topological polar surface area (TPSA) is 83.5 Å². The van der Waals surface area contributed by atoms with Crippen molar-refractivity contribution in [3.63, 3.8) is 0 Å². The van der Waals surface area contributed by atoms with E-state index in [-0.39, 0.29) is 14.9 Å². The molecule has 0 aliphatic heterocycles. The Morgan fingerprint density at radius 1 is 1.41 bits per heavy atom. The molecule has 5 nitrogen and oxygen atoms in total. The lowest BCUT2D eigenvalue weighted by Crippen LogP contribution is -2.38. The number of sulfonamides is 1. The van der Waals surface area contributed by atoms with Gasteiger partial charge in [-0.05, 0) is 25.1 Å². The van der Waals surface area contributed by atoms with Crippen LogP contribution in [0.15, 0.2) is 23.1 Å². The standard InChI is InChI=1S/C9H9Cl2NO4S/c1-5(9(13)14)12-17(15,16)8-4-6(10)2-3-7(8)11/h2-5,12H,1H3,(H,13,14)/t5-/m0/s1. The molecular formula is C9H9Cl2NO4S. The zero-order chi connectivity index (χ0) is 13.2. The third-order valence-corrected chi connectivity index (χ3v) is 4.14. The number of hydrogen-bond acceptors (Lipinski definition) is 3. The van der Waals surface area contributed by atoms with Crippen LogP contribution in [0.1, 0.15) is 6.92 Å². The molecule has 0 aliphatic carbocycles. The van der Waals surface area contributed by atoms with Crippen LogP contribution in [-0.4, -0.2) is 25.5 Å². The van der Waals surface area contributed by atoms with E-state index >= 15 is 0 Å². The largest absolute Gasteiger partial charge is 0.480 e. The number of halogens is 2. The number of benzene rings is 1. The Labute approximate surface area is 108 Å². The molecule has 0 aromatic heterocycles. The van der Waals surface area contributed by atoms with Gasteiger partial charge in [0.25, 0.3) is 0 Å². The number of carboxylic acids is 1. The second-order valence-electron chi connectivity index (χ2n) is 3.26. The van der Waals surface area contributed by atoms with Gasteiger partial charge in [0.1, 0.15) is 10.9 Å². The molecule has 0 unspecified atom stereocenters. The molecule has 0 radical (unpaired) electrons. The first-order chi connectivity index (χ1) is 7.74. The predicted octanol–water partition coefficient (Wildman–Crippen LogP) is 1.74. The van der Waals surface area contributed by atoms with Gasteiger partial charge in [-0.15, -0.1) is 0 Å². The van der Waals surface area contributed by atoms with E-state index in [0.29, 0.717) is 0 Å². The van der Waals surface area contributed by atoms with Crippen LogP contribution in [0.25, 0.3) is 0 Å². The molecule has 0 aliphatic rings. The SMILES string of the molecule is C[C@H](NS(=O)(=O)c1cc(Cl)ccc1Cl)C(=O)O. The number of carboxylic acid groups (broad SMARTS) is 1. The highest BCUT2D eigenvalue weighted by Gasteiger charge is 2.23. The molecule has 0 bridgehead atoms. The fraction of sp³-hybridized carbons (Fsp3) is 0.222. The van der Waals surface area contributed by atoms with E-state index in [1.165, 1.54) is 19.1 Å². The number of aliphatic carboxylic acids is 1. The van der Waals surface area contributed by atoms with E-state index in [4.69, 9.17) is 28.3 Å². The molecule has 0 fully saturated rings. The van der Waals surface area contributed by atoms with Crippen molar-refractivity contribution in [1.29, 1.82) is 0 Å². The summed E-state index contributed by atoms with van der Waals surface area (Å²) >= 11 is 11.4. The Morgan fingerprint density at radius 3 is 2.53 bits per heavy atom. The average molecular weight is 298 g/mol. The van der Waals surface area contributed by atoms with Gasteiger partial charge < -0.3 is 5.11 Å². The molecule has 17 heavy (non-hydrogen) atoms. The summed E-state index contributed by atoms with van der Waals surface area (Å²) in [6.45, 7) is 1.21. The minimum absolute atomic E-state index is 0.0283. The van der Waals surface area contributed by atoms with E-state index < -0.39 is 22.0 Å². The van der Waals surface area contributed by atoms with Gasteiger partial charge in [-0.1, -0.05) is 23.2 Å². The lowest BCUT2D eigenvalue weighted by atomic mass is 10.4. The van der Waals surface area contributed by atoms with Gasteiger partial charge >= 0.3 is 5.97 Å². The van der Waals surface area contributed by atoms with Crippen molar-refractivity contribution >= 4 is 39.2 Å². The van der Waals surface area contributed by atoms with E-state index in [1.807, 2.05) is 4.72 Å². The van der Waals surface area contributed by atoms with Gasteiger partial charge in [-0.2, -0.15) is 4.72 Å². The molecule has 94 valence electrons. The Bertz CT molecular complexity index is 544. The van der Waals surface area contributed by atoms with Crippen LogP contribution in [0.2, 0.25) is 10.0 Å². The van der Waals surface area contributed by atoms with Gasteiger partial charge in [0.15, 0.2) is 0 Å². The quantitative estimate of drug-likeness (QED) is 0.887. The molecule has 0 heterocycles. The maximum Gasteiger partial charge on any atom is 0.321 e. The summed E-state index contributed by atoms with van der Waals surface area (Å²) in [5.74, 6) is -1.29. The van der Waals surface area contributed by atoms with Gasteiger partial charge in [0, 0.05) is 5.02 Å². The maximum atomic E-state index is 11.8. The summed E-state index contributed by atoms with van der Waals surface area (Å²) in [4.78, 5) is 10.3. The van der Waals surface area contributed by atoms with E-state index in [0.717, 1.165) is 6.07 Å². The second kappa shape index (κ2) is 5.22. The Kier molecular flexibility index (Phi) is 4.37. The first kappa shape index (κ1) is 14.2. The highest BCUT2D eigenvalue weighted by atomic mass is 35.5. The van der Waals surface area contributed by atoms with Crippen molar-refractivity contribution in [2.24, 2.45) is 0 Å². The van der Waals surface area contributed by atoms with Gasteiger partial charge in [0.2, 0.25) is 10.0 Å². The number of carbonyl (C=O) groups is 1. The summed E-state index contributed by atoms with van der Waals surface area (Å²) in [5, 5.41) is 8.79. The van der Waals surface area contributed by atoms with Crippen LogP contribution in [0, 0.1) is 0 Å². The monoisotopic (exact) mass is 297 g/mol. The summed E-state index contributed by atoms with van der Waals surface area (Å²) in [5.41, 5.74) is 0. The molecule has 0 saturated carbocycles. The van der Waals surface area contributed by atoms with Crippen LogP contribution in [-0.2, 0) is 14.8 Å². The molecular weight excluding hydrogens is 289 g/mol. The van der Waals surface area contributed by atoms with Gasteiger partial charge in [-0.25, -0.2) is 8.42 Å². The lowest BCUT2D eigenvalue weighted by molar-refractivity contribution is -0.138. The summed E-state index contributed by atoms with van der Waals surface area (Å²) in [6.07, 6.45) is 0. The molecule has 8 heteroatoms. The van der Waals surface area contributed by atoms with Gasteiger partial charge in [0.05, 0.1) is 5.02 Å². The van der Waals surface area contributed by atoms with Crippen molar-refractivity contribution < 1.29 is 18.3 Å². The summed E-state index contributed by atoms with van der Waals surface area (Å²) < 4.78 is 25.6. The zero-order valence-corrected chi connectivity index (χ0v) is 11.0. The zero-order valence-electron chi connectivity index (χ0n) is 8.65. The summed E-state index contributed by atoms with van der Waals surface area (Å²) in [6, 6.07) is 2.66. The first-order valence-corrected chi connectivity index (χ1v) is 6.68. The minimum atomic E-state index is -4.00. The smallest absolute Gasteiger partial charge is 0.321 e. The third kappa shape index (κ3) is 3.57. The van der Waals surface area contributed by atoms with Crippen molar-refractivity contribution in [2.45, 2.75) is 17.9 Å². The van der Waals surface area contributed by atoms with E-state index in [1.54, 1.807) is 0 Å². The normalized spacial score (nSPS) is 13.4. The van der Waals surface area contributed by atoms with Crippen LogP contribution in [0.4, 0.5) is 0 Å². The second-order valence-corrected chi connectivity index (χ2v) is 5.78. The Hall–Kier alpha value is -0.820. The minimum Gasteiger partial charge on any atom is -0.480 e. The molecule has 2 N–H and O–H groups in total. The highest BCUT2D eigenvalue weighted by molar-refractivity contribution is 7.89. The number of nitrogens with one attached hydrogen (secondary N) is 1. The molecule has 1 rings (SSSR count). The van der Waals surface area contributed by atoms with Crippen molar-refractivity contribution in [1.82, 2.24) is 4.72 Å². The van der Waals surface area contributed by atoms with E-state index in [2.05, 4.69) is 0 Å². The Morgan fingerprint density at radius 2 is 2.00 bits per heavy atom. The van der Waals surface area contributed by atoms with Gasteiger partial charge in [-0.3, -0.25) is 4.79 Å². The maximum absolute atomic E-state index is 11.8. The highest BCUT2D eigenvalue weighted by Crippen LogP contribution is 2.24. The van der Waals surface area contributed by atoms with E-state index in [9.17, 15) is 13.2 Å². The number of rotatable bonds is 4. The lowest BCUT2D eigenvalue weighted by Gasteiger charge is -2.11. The molecule has 1 atom stereocenters. The van der Waals surface area contributed by atoms with Crippen molar-refractivity contribution in [3.05, 3.63) is 28.2 Å². The fourth-order valence-corrected chi connectivity index (χ4v) is 2.99. The van der Waals surface area contributed by atoms with Crippen molar-refractivity contribution in [3.8, 4) is 0 Å².